The lowest BCUT2D eigenvalue weighted by molar-refractivity contribution is 0.135. The summed E-state index contributed by atoms with van der Waals surface area (Å²) in [4.78, 5) is 5.38. The van der Waals surface area contributed by atoms with Crippen molar-refractivity contribution in [3.05, 3.63) is 10.0 Å². The van der Waals surface area contributed by atoms with E-state index in [4.69, 9.17) is 11.6 Å². The van der Waals surface area contributed by atoms with Gasteiger partial charge in [-0.15, -0.1) is 10.3 Å². The van der Waals surface area contributed by atoms with Gasteiger partial charge in [0.25, 0.3) is 0 Å². The zero-order valence-corrected chi connectivity index (χ0v) is 6.52. The van der Waals surface area contributed by atoms with E-state index in [1.54, 1.807) is 0 Å². The van der Waals surface area contributed by atoms with Crippen LogP contribution in [-0.2, 0) is 11.4 Å². The summed E-state index contributed by atoms with van der Waals surface area (Å²) in [5, 5.41) is 7.12. The van der Waals surface area contributed by atoms with Crippen molar-refractivity contribution in [2.24, 2.45) is 5.16 Å². The summed E-state index contributed by atoms with van der Waals surface area (Å²) in [6.45, 7) is 3.43. The Kier molecular flexibility index (Phi) is 2.58. The maximum absolute atomic E-state index is 5.57. The average Bonchev–Trinajstić information content (AvgIpc) is 2.31. The van der Waals surface area contributed by atoms with E-state index >= 15 is 0 Å². The third kappa shape index (κ3) is 1.65. The van der Waals surface area contributed by atoms with Gasteiger partial charge in [0.1, 0.15) is 4.88 Å². The van der Waals surface area contributed by atoms with Crippen LogP contribution >= 0.6 is 23.1 Å². The SMILES string of the molecule is C=NOCc1snnc1Cl. The Morgan fingerprint density at radius 2 is 2.60 bits per heavy atom. The fraction of sp³-hybridized carbons (Fsp3) is 0.250. The number of aromatic nitrogens is 2. The molecule has 10 heavy (non-hydrogen) atoms. The highest BCUT2D eigenvalue weighted by Crippen LogP contribution is 2.16. The second-order valence-corrected chi connectivity index (χ2v) is 2.59. The van der Waals surface area contributed by atoms with Gasteiger partial charge >= 0.3 is 0 Å². The van der Waals surface area contributed by atoms with Crippen LogP contribution in [-0.4, -0.2) is 16.3 Å². The Morgan fingerprint density at radius 3 is 3.10 bits per heavy atom. The van der Waals surface area contributed by atoms with Gasteiger partial charge in [0.2, 0.25) is 0 Å². The molecule has 0 N–H and O–H groups in total. The molecule has 6 heteroatoms. The van der Waals surface area contributed by atoms with E-state index in [2.05, 4.69) is 26.3 Å². The second-order valence-electron chi connectivity index (χ2n) is 1.39. The van der Waals surface area contributed by atoms with Gasteiger partial charge in [-0.25, -0.2) is 0 Å². The zero-order valence-electron chi connectivity index (χ0n) is 4.95. The molecule has 1 aromatic heterocycles. The predicted molar refractivity (Wildman–Crippen MR) is 39.3 cm³/mol. The molecule has 0 radical (unpaired) electrons. The summed E-state index contributed by atoms with van der Waals surface area (Å²) >= 11 is 6.75. The van der Waals surface area contributed by atoms with E-state index < -0.39 is 0 Å². The summed E-state index contributed by atoms with van der Waals surface area (Å²) in [5.74, 6) is 0. The molecule has 0 aliphatic carbocycles. The van der Waals surface area contributed by atoms with Crippen molar-refractivity contribution in [3.63, 3.8) is 0 Å². The van der Waals surface area contributed by atoms with Crippen molar-refractivity contribution in [2.75, 3.05) is 0 Å². The molecule has 0 unspecified atom stereocenters. The lowest BCUT2D eigenvalue weighted by Gasteiger charge is -1.91. The molecule has 0 bridgehead atoms. The summed E-state index contributed by atoms with van der Waals surface area (Å²) in [7, 11) is 0. The van der Waals surface area contributed by atoms with Crippen LogP contribution in [0.25, 0.3) is 0 Å². The van der Waals surface area contributed by atoms with E-state index in [1.807, 2.05) is 0 Å². The number of rotatable bonds is 3. The Bertz CT molecular complexity index is 226. The molecular weight excluding hydrogens is 174 g/mol. The standard InChI is InChI=1S/C4H4ClN3OS/c1-6-9-2-3-4(5)7-8-10-3/h1-2H2. The lowest BCUT2D eigenvalue weighted by Crippen LogP contribution is -1.81. The minimum Gasteiger partial charge on any atom is -0.390 e. The maximum atomic E-state index is 5.57. The molecule has 0 atom stereocenters. The summed E-state index contributed by atoms with van der Waals surface area (Å²) in [5.41, 5.74) is 0. The number of hydrogen-bond acceptors (Lipinski definition) is 5. The number of hydrogen-bond donors (Lipinski definition) is 0. The van der Waals surface area contributed by atoms with Crippen LogP contribution in [0.2, 0.25) is 5.15 Å². The average molecular weight is 178 g/mol. The van der Waals surface area contributed by atoms with Crippen LogP contribution in [0.15, 0.2) is 5.16 Å². The molecule has 1 heterocycles. The van der Waals surface area contributed by atoms with Crippen LogP contribution in [0.3, 0.4) is 0 Å². The van der Waals surface area contributed by atoms with Gasteiger partial charge in [-0.05, 0) is 11.5 Å². The van der Waals surface area contributed by atoms with Gasteiger partial charge in [-0.2, -0.15) is 0 Å². The van der Waals surface area contributed by atoms with Crippen LogP contribution in [0.1, 0.15) is 4.88 Å². The van der Waals surface area contributed by atoms with Gasteiger partial charge in [0.05, 0.1) is 0 Å². The highest BCUT2D eigenvalue weighted by molar-refractivity contribution is 7.06. The smallest absolute Gasteiger partial charge is 0.170 e. The highest BCUT2D eigenvalue weighted by Gasteiger charge is 2.03. The van der Waals surface area contributed by atoms with Gasteiger partial charge in [-0.1, -0.05) is 16.1 Å². The van der Waals surface area contributed by atoms with E-state index in [0.29, 0.717) is 11.8 Å². The molecule has 0 fully saturated rings. The summed E-state index contributed by atoms with van der Waals surface area (Å²) < 4.78 is 3.59. The van der Waals surface area contributed by atoms with Crippen molar-refractivity contribution in [1.29, 1.82) is 0 Å². The topological polar surface area (TPSA) is 47.4 Å². The van der Waals surface area contributed by atoms with Crippen molar-refractivity contribution >= 4 is 29.9 Å². The first kappa shape index (κ1) is 7.43. The number of nitrogens with zero attached hydrogens (tertiary/aromatic N) is 3. The van der Waals surface area contributed by atoms with E-state index in [9.17, 15) is 0 Å². The van der Waals surface area contributed by atoms with Crippen molar-refractivity contribution in [2.45, 2.75) is 6.61 Å². The van der Waals surface area contributed by atoms with Crippen LogP contribution in [0, 0.1) is 0 Å². The molecule has 0 aliphatic heterocycles. The first-order valence-electron chi connectivity index (χ1n) is 2.39. The Labute approximate surface area is 66.6 Å². The van der Waals surface area contributed by atoms with Crippen LogP contribution < -0.4 is 0 Å². The summed E-state index contributed by atoms with van der Waals surface area (Å²) in [6.07, 6.45) is 0. The minimum absolute atomic E-state index is 0.292. The molecule has 1 rings (SSSR count). The Balaban J connectivity index is 2.56. The molecule has 0 spiro atoms. The zero-order chi connectivity index (χ0) is 7.40. The summed E-state index contributed by atoms with van der Waals surface area (Å²) in [6, 6.07) is 0. The van der Waals surface area contributed by atoms with Crippen LogP contribution in [0.5, 0.6) is 0 Å². The molecular formula is C4H4ClN3OS. The monoisotopic (exact) mass is 177 g/mol. The molecule has 4 nitrogen and oxygen atoms in total. The second kappa shape index (κ2) is 3.48. The first-order valence-corrected chi connectivity index (χ1v) is 3.54. The minimum atomic E-state index is 0.292. The highest BCUT2D eigenvalue weighted by atomic mass is 35.5. The van der Waals surface area contributed by atoms with Gasteiger partial charge < -0.3 is 4.84 Å². The van der Waals surface area contributed by atoms with Crippen molar-refractivity contribution < 1.29 is 4.84 Å². The van der Waals surface area contributed by atoms with E-state index in [1.165, 1.54) is 11.5 Å². The lowest BCUT2D eigenvalue weighted by atomic mass is 10.6. The quantitative estimate of drug-likeness (QED) is 0.517. The largest absolute Gasteiger partial charge is 0.390 e. The van der Waals surface area contributed by atoms with Crippen molar-refractivity contribution in [3.8, 4) is 0 Å². The molecule has 0 aromatic carbocycles. The molecule has 0 saturated carbocycles. The third-order valence-corrected chi connectivity index (χ3v) is 1.91. The molecule has 1 aromatic rings. The first-order chi connectivity index (χ1) is 4.84. The van der Waals surface area contributed by atoms with Gasteiger partial charge in [0, 0.05) is 6.72 Å². The Morgan fingerprint density at radius 1 is 1.80 bits per heavy atom. The van der Waals surface area contributed by atoms with Crippen LogP contribution in [0.4, 0.5) is 0 Å². The third-order valence-electron chi connectivity index (χ3n) is 0.797. The van der Waals surface area contributed by atoms with E-state index in [0.717, 1.165) is 4.88 Å². The maximum Gasteiger partial charge on any atom is 0.170 e. The fourth-order valence-corrected chi connectivity index (χ4v) is 1.07. The molecule has 54 valence electrons. The van der Waals surface area contributed by atoms with Gasteiger partial charge in [0.15, 0.2) is 11.8 Å². The Hall–Kier alpha value is -0.680. The number of halogens is 1. The van der Waals surface area contributed by atoms with Crippen molar-refractivity contribution in [1.82, 2.24) is 9.59 Å². The van der Waals surface area contributed by atoms with Gasteiger partial charge in [-0.3, -0.25) is 0 Å². The molecule has 0 aliphatic rings. The normalized spacial score (nSPS) is 9.30. The van der Waals surface area contributed by atoms with E-state index in [-0.39, 0.29) is 0 Å². The number of oxime groups is 1. The predicted octanol–water partition coefficient (Wildman–Crippen LogP) is 1.32. The fourth-order valence-electron chi connectivity index (χ4n) is 0.389. The molecule has 0 amide bonds. The molecule has 0 saturated heterocycles.